The molecule has 0 aliphatic heterocycles. The minimum atomic E-state index is -5.84. The molecule has 2 aromatic heterocycles. The minimum absolute atomic E-state index is 0.0643. The number of hydrogen-bond donors (Lipinski definition) is 2. The summed E-state index contributed by atoms with van der Waals surface area (Å²) < 4.78 is 141. The molecule has 0 saturated carbocycles. The molecule has 0 spiro atoms. The van der Waals surface area contributed by atoms with Crippen molar-refractivity contribution in [2.45, 2.75) is 11.0 Å². The summed E-state index contributed by atoms with van der Waals surface area (Å²) in [6, 6.07) is 5.93. The Bertz CT molecular complexity index is 999. The second-order valence-electron chi connectivity index (χ2n) is 4.51. The fourth-order valence-corrected chi connectivity index (χ4v) is 1.10. The summed E-state index contributed by atoms with van der Waals surface area (Å²) in [6.45, 7) is 0. The normalized spacial score (nSPS) is 12.2. The number of nitrogens with zero attached hydrogens (tertiary/aromatic N) is 2. The lowest BCUT2D eigenvalue weighted by atomic mass is 10.2. The fourth-order valence-electron chi connectivity index (χ4n) is 1.10. The van der Waals surface area contributed by atoms with E-state index in [-0.39, 0.29) is 5.69 Å². The SMILES string of the molecule is Fc1ccnc(-c2ccccn2)c1F.O=S(=O)(O)C(F)(F)F.O=S(=O)(O)C(F)(F)F. The van der Waals surface area contributed by atoms with Crippen LogP contribution >= 0.6 is 0 Å². The van der Waals surface area contributed by atoms with Gasteiger partial charge in [0.1, 0.15) is 5.69 Å². The standard InChI is InChI=1S/C10H6F2N2.2CHF3O3S/c11-7-4-6-14-10(9(7)12)8-3-1-2-5-13-8;2*2-1(3,4)8(5,6)7/h1-6H;2*(H,5,6,7). The largest absolute Gasteiger partial charge is 0.522 e. The molecule has 0 bridgehead atoms. The first-order valence-corrected chi connectivity index (χ1v) is 9.46. The molecule has 0 fully saturated rings. The zero-order chi connectivity index (χ0) is 24.0. The monoisotopic (exact) mass is 492 g/mol. The van der Waals surface area contributed by atoms with Gasteiger partial charge in [0.25, 0.3) is 0 Å². The predicted octanol–water partition coefficient (Wildman–Crippen LogP) is 3.21. The molecule has 0 unspecified atom stereocenters. The Hall–Kier alpha value is -2.44. The highest BCUT2D eigenvalue weighted by Gasteiger charge is 2.45. The Morgan fingerprint density at radius 1 is 0.733 bits per heavy atom. The van der Waals surface area contributed by atoms with Gasteiger partial charge in [-0.25, -0.2) is 8.78 Å². The third kappa shape index (κ3) is 8.93. The molecule has 2 aromatic rings. The van der Waals surface area contributed by atoms with Gasteiger partial charge in [-0.1, -0.05) is 6.07 Å². The van der Waals surface area contributed by atoms with Crippen LogP contribution in [0.1, 0.15) is 0 Å². The first-order valence-electron chi connectivity index (χ1n) is 6.58. The van der Waals surface area contributed by atoms with E-state index < -0.39 is 42.9 Å². The Balaban J connectivity index is 0.000000456. The number of aromatic nitrogens is 2. The van der Waals surface area contributed by atoms with Gasteiger partial charge in [-0.15, -0.1) is 0 Å². The molecule has 0 aliphatic rings. The molecule has 30 heavy (non-hydrogen) atoms. The van der Waals surface area contributed by atoms with Crippen molar-refractivity contribution in [3.8, 4) is 11.4 Å². The maximum absolute atomic E-state index is 13.2. The summed E-state index contributed by atoms with van der Waals surface area (Å²) in [7, 11) is -11.7. The highest BCUT2D eigenvalue weighted by atomic mass is 32.2. The summed E-state index contributed by atoms with van der Waals surface area (Å²) >= 11 is 0. The van der Waals surface area contributed by atoms with Crippen LogP contribution in [0.4, 0.5) is 35.1 Å². The van der Waals surface area contributed by atoms with Gasteiger partial charge >= 0.3 is 31.3 Å². The van der Waals surface area contributed by atoms with Gasteiger partial charge in [0.05, 0.1) is 5.69 Å². The molecule has 2 heterocycles. The van der Waals surface area contributed by atoms with Crippen LogP contribution in [0.3, 0.4) is 0 Å². The molecule has 0 radical (unpaired) electrons. The van der Waals surface area contributed by atoms with Crippen LogP contribution < -0.4 is 0 Å². The summed E-state index contributed by atoms with van der Waals surface area (Å²) in [5, 5.41) is 0. The first kappa shape index (κ1) is 27.6. The average molecular weight is 492 g/mol. The number of halogens is 8. The highest BCUT2D eigenvalue weighted by Crippen LogP contribution is 2.21. The average Bonchev–Trinajstić information content (AvgIpc) is 2.56. The zero-order valence-electron chi connectivity index (χ0n) is 13.7. The molecule has 0 aromatic carbocycles. The van der Waals surface area contributed by atoms with Crippen molar-refractivity contribution >= 4 is 20.2 Å². The maximum Gasteiger partial charge on any atom is 0.522 e. The third-order valence-electron chi connectivity index (χ3n) is 2.33. The van der Waals surface area contributed by atoms with Gasteiger partial charge < -0.3 is 0 Å². The molecular weight excluding hydrogens is 484 g/mol. The topological polar surface area (TPSA) is 135 Å². The van der Waals surface area contributed by atoms with Crippen LogP contribution in [-0.2, 0) is 20.2 Å². The van der Waals surface area contributed by atoms with Crippen LogP contribution in [0.5, 0.6) is 0 Å². The lowest BCUT2D eigenvalue weighted by Gasteiger charge is -2.00. The van der Waals surface area contributed by atoms with Gasteiger partial charge in [0, 0.05) is 12.4 Å². The van der Waals surface area contributed by atoms with Crippen molar-refractivity contribution in [3.63, 3.8) is 0 Å². The molecule has 170 valence electrons. The second-order valence-corrected chi connectivity index (χ2v) is 7.34. The molecular formula is C12H8F8N2O6S2. The lowest BCUT2D eigenvalue weighted by molar-refractivity contribution is -0.0514. The van der Waals surface area contributed by atoms with E-state index in [1.807, 2.05) is 0 Å². The van der Waals surface area contributed by atoms with Crippen molar-refractivity contribution < 1.29 is 61.1 Å². The van der Waals surface area contributed by atoms with Crippen LogP contribution in [0, 0.1) is 11.6 Å². The number of alkyl halides is 6. The number of hydrogen-bond acceptors (Lipinski definition) is 6. The van der Waals surface area contributed by atoms with Crippen LogP contribution in [-0.4, -0.2) is 46.9 Å². The van der Waals surface area contributed by atoms with E-state index in [9.17, 15) is 35.1 Å². The van der Waals surface area contributed by atoms with Gasteiger partial charge in [-0.3, -0.25) is 19.1 Å². The number of rotatable bonds is 1. The smallest absolute Gasteiger partial charge is 0.279 e. The molecule has 18 heteroatoms. The van der Waals surface area contributed by atoms with Crippen molar-refractivity contribution in [1.82, 2.24) is 9.97 Å². The fraction of sp³-hybridized carbons (Fsp3) is 0.167. The molecule has 2 rings (SSSR count). The predicted molar refractivity (Wildman–Crippen MR) is 82.6 cm³/mol. The van der Waals surface area contributed by atoms with Crippen molar-refractivity contribution in [1.29, 1.82) is 0 Å². The van der Waals surface area contributed by atoms with Crippen LogP contribution in [0.2, 0.25) is 0 Å². The Labute approximate surface area is 162 Å². The van der Waals surface area contributed by atoms with Gasteiger partial charge in [-0.2, -0.15) is 43.2 Å². The van der Waals surface area contributed by atoms with E-state index in [0.717, 1.165) is 6.07 Å². The Morgan fingerprint density at radius 2 is 1.17 bits per heavy atom. The van der Waals surface area contributed by atoms with Crippen LogP contribution in [0.15, 0.2) is 36.7 Å². The Kier molecular flexibility index (Phi) is 9.23. The summed E-state index contributed by atoms with van der Waals surface area (Å²) in [5.41, 5.74) is -10.8. The van der Waals surface area contributed by atoms with Gasteiger partial charge in [0.15, 0.2) is 11.6 Å². The van der Waals surface area contributed by atoms with E-state index in [4.69, 9.17) is 25.9 Å². The quantitative estimate of drug-likeness (QED) is 0.352. The van der Waals surface area contributed by atoms with Crippen molar-refractivity contribution in [2.24, 2.45) is 0 Å². The molecule has 0 amide bonds. The molecule has 8 nitrogen and oxygen atoms in total. The second kappa shape index (κ2) is 10.0. The molecule has 2 N–H and O–H groups in total. The summed E-state index contributed by atoms with van der Waals surface area (Å²) in [4.78, 5) is 7.61. The van der Waals surface area contributed by atoms with E-state index in [1.165, 1.54) is 12.4 Å². The molecule has 0 saturated heterocycles. The minimum Gasteiger partial charge on any atom is -0.279 e. The first-order chi connectivity index (χ1) is 13.3. The van der Waals surface area contributed by atoms with E-state index in [2.05, 4.69) is 9.97 Å². The van der Waals surface area contributed by atoms with Crippen molar-refractivity contribution in [3.05, 3.63) is 48.3 Å². The zero-order valence-corrected chi connectivity index (χ0v) is 15.4. The number of pyridine rings is 2. The van der Waals surface area contributed by atoms with Gasteiger partial charge in [0.2, 0.25) is 0 Å². The molecule has 0 aliphatic carbocycles. The third-order valence-corrected chi connectivity index (χ3v) is 3.50. The maximum atomic E-state index is 13.2. The summed E-state index contributed by atoms with van der Waals surface area (Å²) in [5.74, 6) is -1.88. The lowest BCUT2D eigenvalue weighted by Crippen LogP contribution is -2.21. The van der Waals surface area contributed by atoms with E-state index in [0.29, 0.717) is 5.69 Å². The molecule has 0 atom stereocenters. The Morgan fingerprint density at radius 3 is 1.50 bits per heavy atom. The van der Waals surface area contributed by atoms with E-state index in [1.54, 1.807) is 18.2 Å². The highest BCUT2D eigenvalue weighted by molar-refractivity contribution is 7.86. The van der Waals surface area contributed by atoms with Gasteiger partial charge in [-0.05, 0) is 18.2 Å². The van der Waals surface area contributed by atoms with E-state index >= 15 is 0 Å². The summed E-state index contributed by atoms with van der Waals surface area (Å²) in [6.07, 6.45) is 2.71. The van der Waals surface area contributed by atoms with Crippen molar-refractivity contribution in [2.75, 3.05) is 0 Å². The van der Waals surface area contributed by atoms with Crippen LogP contribution in [0.25, 0.3) is 11.4 Å².